The van der Waals surface area contributed by atoms with Crippen molar-refractivity contribution in [2.75, 3.05) is 38.0 Å². The van der Waals surface area contributed by atoms with Gasteiger partial charge in [-0.15, -0.1) is 0 Å². The summed E-state index contributed by atoms with van der Waals surface area (Å²) in [4.78, 5) is 15.3. The molecule has 0 saturated heterocycles. The number of nitrogens with zero attached hydrogens (tertiary/aromatic N) is 1. The molecule has 7 heteroatoms. The van der Waals surface area contributed by atoms with E-state index in [9.17, 15) is 4.79 Å². The van der Waals surface area contributed by atoms with Gasteiger partial charge in [0.05, 0.1) is 38.1 Å². The second-order valence-corrected chi connectivity index (χ2v) is 8.77. The molecule has 0 unspecified atom stereocenters. The van der Waals surface area contributed by atoms with Crippen molar-refractivity contribution in [3.8, 4) is 17.2 Å². The van der Waals surface area contributed by atoms with Crippen LogP contribution in [0, 0.1) is 0 Å². The molecule has 4 rings (SSSR count). The molecule has 2 aliphatic heterocycles. The molecule has 0 fully saturated rings. The number of rotatable bonds is 9. The third-order valence-corrected chi connectivity index (χ3v) is 6.50. The van der Waals surface area contributed by atoms with Crippen LogP contribution in [0.15, 0.2) is 42.6 Å². The highest BCUT2D eigenvalue weighted by molar-refractivity contribution is 9.09. The zero-order valence-electron chi connectivity index (χ0n) is 18.5. The van der Waals surface area contributed by atoms with E-state index >= 15 is 0 Å². The van der Waals surface area contributed by atoms with Crippen LogP contribution in [0.2, 0.25) is 0 Å². The van der Waals surface area contributed by atoms with Gasteiger partial charge in [0, 0.05) is 24.1 Å². The molecule has 0 saturated carbocycles. The van der Waals surface area contributed by atoms with Gasteiger partial charge in [-0.25, -0.2) is 0 Å². The second kappa shape index (κ2) is 10.3. The molecule has 0 radical (unpaired) electrons. The zero-order valence-corrected chi connectivity index (χ0v) is 20.1. The summed E-state index contributed by atoms with van der Waals surface area (Å²) in [5.74, 6) is 2.04. The molecule has 2 aromatic carbocycles. The maximum atomic E-state index is 13.4. The third-order valence-electron chi connectivity index (χ3n) is 5.94. The average molecular weight is 501 g/mol. The van der Waals surface area contributed by atoms with Gasteiger partial charge in [-0.2, -0.15) is 0 Å². The van der Waals surface area contributed by atoms with Crippen LogP contribution < -0.4 is 19.5 Å². The lowest BCUT2D eigenvalue weighted by Crippen LogP contribution is -2.34. The van der Waals surface area contributed by atoms with Crippen LogP contribution in [0.25, 0.3) is 5.57 Å². The maximum absolute atomic E-state index is 13.4. The van der Waals surface area contributed by atoms with Gasteiger partial charge < -0.3 is 24.4 Å². The summed E-state index contributed by atoms with van der Waals surface area (Å²) in [6.07, 6.45) is 5.99. The molecule has 6 nitrogen and oxygen atoms in total. The highest BCUT2D eigenvalue weighted by Gasteiger charge is 2.34. The molecule has 1 amide bonds. The number of methoxy groups -OCH3 is 2. The minimum absolute atomic E-state index is 0.0271. The van der Waals surface area contributed by atoms with Gasteiger partial charge in [-0.3, -0.25) is 4.79 Å². The number of benzene rings is 2. The van der Waals surface area contributed by atoms with Gasteiger partial charge in [0.2, 0.25) is 0 Å². The Kier molecular flexibility index (Phi) is 7.25. The molecule has 1 N–H and O–H groups in total. The fraction of sp³-hybridized carbons (Fsp3) is 0.400. The quantitative estimate of drug-likeness (QED) is 0.372. The highest BCUT2D eigenvalue weighted by atomic mass is 79.9. The van der Waals surface area contributed by atoms with Crippen molar-refractivity contribution in [1.82, 2.24) is 4.90 Å². The average Bonchev–Trinajstić information content (AvgIpc) is 3.21. The van der Waals surface area contributed by atoms with Crippen molar-refractivity contribution in [3.63, 3.8) is 0 Å². The molecule has 1 atom stereocenters. The Hall–Kier alpha value is -2.67. The Morgan fingerprint density at radius 1 is 1.06 bits per heavy atom. The Morgan fingerprint density at radius 3 is 2.59 bits per heavy atom. The summed E-state index contributed by atoms with van der Waals surface area (Å²) in [5, 5.41) is 4.47. The summed E-state index contributed by atoms with van der Waals surface area (Å²) in [6.45, 7) is 1.30. The fourth-order valence-electron chi connectivity index (χ4n) is 4.15. The number of fused-ring (bicyclic) bond motifs is 2. The van der Waals surface area contributed by atoms with Crippen molar-refractivity contribution in [2.45, 2.75) is 31.7 Å². The molecule has 0 bridgehead atoms. The van der Waals surface area contributed by atoms with E-state index in [4.69, 9.17) is 14.2 Å². The van der Waals surface area contributed by atoms with Gasteiger partial charge >= 0.3 is 0 Å². The van der Waals surface area contributed by atoms with E-state index < -0.39 is 0 Å². The molecule has 2 aliphatic rings. The van der Waals surface area contributed by atoms with E-state index in [1.54, 1.807) is 20.3 Å². The Balaban J connectivity index is 1.54. The first-order valence-electron chi connectivity index (χ1n) is 11.0. The minimum atomic E-state index is -0.0271. The van der Waals surface area contributed by atoms with Gasteiger partial charge in [-0.1, -0.05) is 28.1 Å². The Bertz CT molecular complexity index is 990. The summed E-state index contributed by atoms with van der Waals surface area (Å²) < 4.78 is 16.8. The number of unbranched alkanes of at least 4 members (excludes halogenated alkanes) is 2. The van der Waals surface area contributed by atoms with Crippen molar-refractivity contribution in [2.24, 2.45) is 0 Å². The van der Waals surface area contributed by atoms with E-state index in [1.165, 1.54) is 0 Å². The SMILES string of the molecule is COc1ccc(C2=CN3C(=O)c4cc(OC)c(OCCCCCBr)cc4NC[C@@H]3C2)cc1. The number of hydrogen-bond acceptors (Lipinski definition) is 5. The Labute approximate surface area is 197 Å². The first-order valence-corrected chi connectivity index (χ1v) is 12.1. The number of halogens is 1. The van der Waals surface area contributed by atoms with Gasteiger partial charge in [0.25, 0.3) is 5.91 Å². The third kappa shape index (κ3) is 4.72. The number of carbonyl (C=O) groups excluding carboxylic acids is 1. The lowest BCUT2D eigenvalue weighted by molar-refractivity contribution is 0.0796. The van der Waals surface area contributed by atoms with E-state index in [2.05, 4.69) is 21.2 Å². The summed E-state index contributed by atoms with van der Waals surface area (Å²) in [5.41, 5.74) is 3.64. The molecular formula is C25H29BrN2O4. The summed E-state index contributed by atoms with van der Waals surface area (Å²) in [6, 6.07) is 11.7. The van der Waals surface area contributed by atoms with Crippen LogP contribution in [-0.2, 0) is 0 Å². The number of nitrogens with one attached hydrogen (secondary N) is 1. The normalized spacial score (nSPS) is 17.1. The Morgan fingerprint density at radius 2 is 1.88 bits per heavy atom. The number of hydrogen-bond donors (Lipinski definition) is 1. The molecular weight excluding hydrogens is 472 g/mol. The minimum Gasteiger partial charge on any atom is -0.497 e. The first-order chi connectivity index (χ1) is 15.6. The monoisotopic (exact) mass is 500 g/mol. The second-order valence-electron chi connectivity index (χ2n) is 7.98. The summed E-state index contributed by atoms with van der Waals surface area (Å²) >= 11 is 3.45. The topological polar surface area (TPSA) is 60.0 Å². The lowest BCUT2D eigenvalue weighted by Gasteiger charge is -2.20. The van der Waals surface area contributed by atoms with Crippen LogP contribution in [0.4, 0.5) is 5.69 Å². The molecule has 2 heterocycles. The van der Waals surface area contributed by atoms with E-state index in [0.29, 0.717) is 30.2 Å². The van der Waals surface area contributed by atoms with Crippen LogP contribution in [0.3, 0.4) is 0 Å². The van der Waals surface area contributed by atoms with Crippen molar-refractivity contribution in [3.05, 3.63) is 53.7 Å². The van der Waals surface area contributed by atoms with Crippen molar-refractivity contribution < 1.29 is 19.0 Å². The molecule has 32 heavy (non-hydrogen) atoms. The number of carbonyl (C=O) groups is 1. The van der Waals surface area contributed by atoms with Gasteiger partial charge in [0.15, 0.2) is 11.5 Å². The van der Waals surface area contributed by atoms with Crippen molar-refractivity contribution >= 4 is 33.1 Å². The highest BCUT2D eigenvalue weighted by Crippen LogP contribution is 2.39. The number of ether oxygens (including phenoxy) is 3. The lowest BCUT2D eigenvalue weighted by atomic mass is 10.0. The summed E-state index contributed by atoms with van der Waals surface area (Å²) in [7, 11) is 3.26. The van der Waals surface area contributed by atoms with Gasteiger partial charge in [-0.05, 0) is 55.0 Å². The van der Waals surface area contributed by atoms with Crippen LogP contribution in [0.1, 0.15) is 41.6 Å². The van der Waals surface area contributed by atoms with Crippen LogP contribution in [0.5, 0.6) is 17.2 Å². The molecule has 170 valence electrons. The van der Waals surface area contributed by atoms with Gasteiger partial charge in [0.1, 0.15) is 5.75 Å². The number of alkyl halides is 1. The van der Waals surface area contributed by atoms with Crippen LogP contribution in [-0.4, -0.2) is 49.6 Å². The zero-order chi connectivity index (χ0) is 22.5. The van der Waals surface area contributed by atoms with E-state index in [-0.39, 0.29) is 11.9 Å². The van der Waals surface area contributed by atoms with E-state index in [0.717, 1.165) is 53.6 Å². The van der Waals surface area contributed by atoms with Crippen molar-refractivity contribution in [1.29, 1.82) is 0 Å². The smallest absolute Gasteiger partial charge is 0.260 e. The molecule has 2 aromatic rings. The van der Waals surface area contributed by atoms with E-state index in [1.807, 2.05) is 41.4 Å². The number of anilines is 1. The predicted molar refractivity (Wildman–Crippen MR) is 130 cm³/mol. The molecule has 0 aromatic heterocycles. The standard InChI is InChI=1S/C25H29BrN2O4/c1-30-20-8-6-17(7-9-20)18-12-19-15-27-22-14-24(32-11-5-3-4-10-26)23(31-2)13-21(22)25(29)28(19)16-18/h6-9,13-14,16,19,27H,3-5,10-12,15H2,1-2H3/t19-/m0/s1. The fourth-order valence-corrected chi connectivity index (χ4v) is 4.54. The molecule has 0 aliphatic carbocycles. The first kappa shape index (κ1) is 22.5. The predicted octanol–water partition coefficient (Wildman–Crippen LogP) is 5.33. The largest absolute Gasteiger partial charge is 0.497 e. The van der Waals surface area contributed by atoms with Crippen LogP contribution >= 0.6 is 15.9 Å². The number of amides is 1. The maximum Gasteiger partial charge on any atom is 0.260 e. The molecule has 0 spiro atoms.